The van der Waals surface area contributed by atoms with E-state index < -0.39 is 42.3 Å². The maximum absolute atomic E-state index is 14.8. The average molecular weight is 427 g/mol. The van der Waals surface area contributed by atoms with E-state index in [4.69, 9.17) is 24.3 Å². The van der Waals surface area contributed by atoms with E-state index in [1.54, 1.807) is 6.92 Å². The first kappa shape index (κ1) is 15.5. The first-order chi connectivity index (χ1) is 15.8. The van der Waals surface area contributed by atoms with Gasteiger partial charge in [0.15, 0.2) is 5.11 Å². The number of aryl methyl sites for hydroxylation is 1. The monoisotopic (exact) mass is 427 g/mol. The van der Waals surface area contributed by atoms with Gasteiger partial charge in [-0.3, -0.25) is 14.5 Å². The summed E-state index contributed by atoms with van der Waals surface area (Å²) in [7, 11) is 1.34. The molecular formula is C21H18FN5O2S. The molecule has 9 heteroatoms. The fraction of sp³-hybridized carbons (Fsp3) is 0.286. The van der Waals surface area contributed by atoms with Gasteiger partial charge in [0.05, 0.1) is 11.3 Å². The molecule has 1 aliphatic heterocycles. The van der Waals surface area contributed by atoms with Crippen molar-refractivity contribution in [1.82, 2.24) is 10.3 Å². The van der Waals surface area contributed by atoms with Gasteiger partial charge in [-0.1, -0.05) is 6.57 Å². The van der Waals surface area contributed by atoms with E-state index in [9.17, 15) is 14.0 Å². The van der Waals surface area contributed by atoms with Gasteiger partial charge in [0.1, 0.15) is 17.6 Å². The number of carbonyl (C=O) groups excluding carboxylic acids is 2. The topological polar surface area (TPSA) is 69.9 Å². The lowest BCUT2D eigenvalue weighted by atomic mass is 9.75. The van der Waals surface area contributed by atoms with Crippen molar-refractivity contribution in [2.75, 3.05) is 16.8 Å². The number of hydrogen-bond donors (Lipinski definition) is 1. The van der Waals surface area contributed by atoms with Gasteiger partial charge in [-0.15, -0.1) is 4.98 Å². The molecule has 7 nitrogen and oxygen atoms in total. The minimum atomic E-state index is -2.69. The summed E-state index contributed by atoms with van der Waals surface area (Å²) in [6, 6.07) is 4.98. The predicted molar refractivity (Wildman–Crippen MR) is 114 cm³/mol. The van der Waals surface area contributed by atoms with Crippen LogP contribution in [0.15, 0.2) is 30.5 Å². The lowest BCUT2D eigenvalue weighted by Crippen LogP contribution is -2.55. The highest BCUT2D eigenvalue weighted by Crippen LogP contribution is 2.48. The summed E-state index contributed by atoms with van der Waals surface area (Å²) < 4.78 is 47.9. The minimum Gasteiger partial charge on any atom is -0.360 e. The molecule has 152 valence electrons. The molecule has 1 aromatic carbocycles. The van der Waals surface area contributed by atoms with Gasteiger partial charge in [0.2, 0.25) is 0 Å². The molecule has 1 saturated carbocycles. The number of pyridine rings is 1. The molecule has 4 rings (SSSR count). The molecule has 2 aromatic rings. The third-order valence-electron chi connectivity index (χ3n) is 5.04. The Hall–Kier alpha value is -3.38. The van der Waals surface area contributed by atoms with E-state index in [2.05, 4.69) is 15.1 Å². The number of aromatic nitrogens is 1. The number of halogens is 1. The number of rotatable bonds is 3. The van der Waals surface area contributed by atoms with Crippen molar-refractivity contribution < 1.29 is 19.5 Å². The van der Waals surface area contributed by atoms with Crippen LogP contribution in [0, 0.1) is 19.3 Å². The lowest BCUT2D eigenvalue weighted by Gasteiger charge is -2.43. The molecule has 30 heavy (non-hydrogen) atoms. The fourth-order valence-electron chi connectivity index (χ4n) is 3.46. The molecular weight excluding hydrogens is 405 g/mol. The van der Waals surface area contributed by atoms with E-state index >= 15 is 0 Å². The smallest absolute Gasteiger partial charge is 0.272 e. The Balaban J connectivity index is 1.90. The molecule has 1 N–H and O–H groups in total. The quantitative estimate of drug-likeness (QED) is 0.600. The molecule has 1 saturated heterocycles. The Bertz CT molecular complexity index is 1310. The molecule has 2 aliphatic rings. The molecule has 2 amide bonds. The Morgan fingerprint density at radius 2 is 2.20 bits per heavy atom. The first-order valence-electron chi connectivity index (χ1n) is 10.9. The number of carbonyl (C=O) groups is 2. The van der Waals surface area contributed by atoms with E-state index in [1.807, 2.05) is 0 Å². The Morgan fingerprint density at radius 1 is 1.43 bits per heavy atom. The number of nitrogens with zero attached hydrogens (tertiary/aromatic N) is 4. The number of amides is 2. The maximum atomic E-state index is 14.8. The normalized spacial score (nSPS) is 25.7. The zero-order valence-electron chi connectivity index (χ0n) is 20.0. The molecule has 1 aliphatic carbocycles. The standard InChI is InChI=1S/C21H18FN5O2S/c1-12-9-14(11-25-17(12)23-2)26-19(29)21(7-4-8-21)27(20(26)30)13-5-6-15(16(22)10-13)18(28)24-3/h5-6,9-11H,4,7-8H2,1,3H3,(H,24,28)/i4D2,7D2. The van der Waals surface area contributed by atoms with Gasteiger partial charge in [-0.25, -0.2) is 4.39 Å². The average Bonchev–Trinajstić information content (AvgIpc) is 3.00. The summed E-state index contributed by atoms with van der Waals surface area (Å²) in [6.07, 6.45) is -4.33. The highest BCUT2D eigenvalue weighted by Gasteiger charge is 2.59. The lowest BCUT2D eigenvalue weighted by molar-refractivity contribution is -0.123. The second-order valence-electron chi connectivity index (χ2n) is 6.79. The van der Waals surface area contributed by atoms with Crippen molar-refractivity contribution in [2.24, 2.45) is 0 Å². The second kappa shape index (κ2) is 7.15. The summed E-state index contributed by atoms with van der Waals surface area (Å²) >= 11 is 5.54. The van der Waals surface area contributed by atoms with E-state index in [1.165, 1.54) is 31.4 Å². The zero-order valence-corrected chi connectivity index (χ0v) is 16.8. The van der Waals surface area contributed by atoms with E-state index in [-0.39, 0.29) is 27.9 Å². The van der Waals surface area contributed by atoms with Crippen molar-refractivity contribution in [3.63, 3.8) is 0 Å². The highest BCUT2D eigenvalue weighted by molar-refractivity contribution is 7.81. The van der Waals surface area contributed by atoms with E-state index in [0.717, 1.165) is 15.9 Å². The van der Waals surface area contributed by atoms with Crippen LogP contribution in [0.4, 0.5) is 21.6 Å². The molecule has 0 bridgehead atoms. The molecule has 0 radical (unpaired) electrons. The Labute approximate surface area is 183 Å². The van der Waals surface area contributed by atoms with Crippen LogP contribution in [0.3, 0.4) is 0 Å². The summed E-state index contributed by atoms with van der Waals surface area (Å²) in [5.41, 5.74) is -1.71. The van der Waals surface area contributed by atoms with Crippen molar-refractivity contribution in [3.8, 4) is 0 Å². The highest BCUT2D eigenvalue weighted by atomic mass is 32.1. The SMILES string of the molecule is [2H]C1([2H])CC2(C(=O)N(c3cnc([N+]#[C-])c(C)c3)C(=S)N2c2ccc(C(=O)NC)c(F)c2)C1([2H])[2H]. The van der Waals surface area contributed by atoms with Crippen LogP contribution in [0.25, 0.3) is 4.85 Å². The van der Waals surface area contributed by atoms with Gasteiger partial charge in [-0.2, -0.15) is 0 Å². The van der Waals surface area contributed by atoms with Crippen LogP contribution in [0.1, 0.15) is 40.6 Å². The third kappa shape index (κ3) is 2.75. The number of anilines is 2. The Morgan fingerprint density at radius 3 is 2.77 bits per heavy atom. The van der Waals surface area contributed by atoms with Gasteiger partial charge in [0.25, 0.3) is 17.6 Å². The largest absolute Gasteiger partial charge is 0.360 e. The van der Waals surface area contributed by atoms with Crippen molar-refractivity contribution in [1.29, 1.82) is 0 Å². The van der Waals surface area contributed by atoms with E-state index in [0.29, 0.717) is 5.56 Å². The molecule has 1 atom stereocenters. The summed E-state index contributed by atoms with van der Waals surface area (Å²) in [5, 5.41) is 2.11. The van der Waals surface area contributed by atoms with Crippen LogP contribution in [0.2, 0.25) is 0 Å². The van der Waals surface area contributed by atoms with Gasteiger partial charge in [0, 0.05) is 18.2 Å². The van der Waals surface area contributed by atoms with Crippen LogP contribution in [-0.4, -0.2) is 34.5 Å². The maximum Gasteiger partial charge on any atom is 0.272 e. The van der Waals surface area contributed by atoms with Crippen molar-refractivity contribution in [2.45, 2.75) is 31.6 Å². The predicted octanol–water partition coefficient (Wildman–Crippen LogP) is 3.50. The van der Waals surface area contributed by atoms with Crippen LogP contribution < -0.4 is 15.1 Å². The van der Waals surface area contributed by atoms with Gasteiger partial charge < -0.3 is 15.1 Å². The summed E-state index contributed by atoms with van der Waals surface area (Å²) in [6.45, 7) is 8.78. The molecule has 1 unspecified atom stereocenters. The Kier molecular flexibility index (Phi) is 3.68. The number of nitrogens with one attached hydrogen (secondary N) is 1. The van der Waals surface area contributed by atoms with Gasteiger partial charge >= 0.3 is 0 Å². The second-order valence-corrected chi connectivity index (χ2v) is 7.15. The number of hydrogen-bond acceptors (Lipinski definition) is 4. The fourth-order valence-corrected chi connectivity index (χ4v) is 3.91. The minimum absolute atomic E-state index is 0.00663. The number of benzene rings is 1. The number of thiocarbonyl (C=S) groups is 1. The third-order valence-corrected chi connectivity index (χ3v) is 5.41. The van der Waals surface area contributed by atoms with Crippen LogP contribution in [0.5, 0.6) is 0 Å². The van der Waals surface area contributed by atoms with Gasteiger partial charge in [-0.05, 0) is 68.1 Å². The molecule has 2 heterocycles. The first-order valence-corrected chi connectivity index (χ1v) is 9.29. The van der Waals surface area contributed by atoms with Crippen molar-refractivity contribution in [3.05, 3.63) is 58.8 Å². The molecule has 1 aromatic heterocycles. The van der Waals surface area contributed by atoms with Crippen LogP contribution >= 0.6 is 12.2 Å². The molecule has 2 fully saturated rings. The zero-order chi connectivity index (χ0) is 25.2. The summed E-state index contributed by atoms with van der Waals surface area (Å²) in [4.78, 5) is 35.1. The van der Waals surface area contributed by atoms with Crippen molar-refractivity contribution >= 4 is 46.3 Å². The summed E-state index contributed by atoms with van der Waals surface area (Å²) in [5.74, 6) is -2.29. The van der Waals surface area contributed by atoms with Crippen LogP contribution in [-0.2, 0) is 4.79 Å². The molecule has 1 spiro atoms.